The van der Waals surface area contributed by atoms with Crippen molar-refractivity contribution in [3.05, 3.63) is 71.8 Å². The summed E-state index contributed by atoms with van der Waals surface area (Å²) in [5, 5.41) is 11.3. The fraction of sp³-hybridized carbons (Fsp3) is 0.556. The van der Waals surface area contributed by atoms with E-state index in [1.54, 1.807) is 9.80 Å². The number of rotatable bonds is 17. The van der Waals surface area contributed by atoms with Crippen molar-refractivity contribution in [2.75, 3.05) is 39.3 Å². The maximum absolute atomic E-state index is 13.0. The third kappa shape index (κ3) is 18.6. The molecule has 0 heterocycles. The summed E-state index contributed by atoms with van der Waals surface area (Å²) in [6.07, 6.45) is 1.52. The number of amides is 6. The van der Waals surface area contributed by atoms with E-state index in [2.05, 4.69) is 21.3 Å². The molecule has 0 saturated heterocycles. The SMILES string of the molecule is CC(C)(C)OC(=O)N(CCCCN(CCCNC(=O)NCc1ccccc1)C(=O)OC(C)(C)C)CCCNC(=O)NCc1ccccc1. The van der Waals surface area contributed by atoms with Gasteiger partial charge in [-0.2, -0.15) is 0 Å². The van der Waals surface area contributed by atoms with Gasteiger partial charge in [0.25, 0.3) is 0 Å². The molecule has 0 saturated carbocycles. The van der Waals surface area contributed by atoms with E-state index in [4.69, 9.17) is 9.47 Å². The minimum atomic E-state index is -0.648. The second-order valence-corrected chi connectivity index (χ2v) is 13.5. The van der Waals surface area contributed by atoms with Crippen LogP contribution in [0.5, 0.6) is 0 Å². The van der Waals surface area contributed by atoms with E-state index >= 15 is 0 Å². The first-order valence-corrected chi connectivity index (χ1v) is 16.8. The lowest BCUT2D eigenvalue weighted by atomic mass is 10.2. The molecule has 2 aromatic carbocycles. The smallest absolute Gasteiger partial charge is 0.410 e. The first kappa shape index (κ1) is 39.7. The van der Waals surface area contributed by atoms with Crippen molar-refractivity contribution in [3.63, 3.8) is 0 Å². The topological polar surface area (TPSA) is 141 Å². The second-order valence-electron chi connectivity index (χ2n) is 13.5. The van der Waals surface area contributed by atoms with Crippen LogP contribution in [0, 0.1) is 0 Å². The average molecular weight is 669 g/mol. The quantitative estimate of drug-likeness (QED) is 0.152. The molecule has 0 aliphatic rings. The van der Waals surface area contributed by atoms with E-state index in [1.165, 1.54) is 0 Å². The van der Waals surface area contributed by atoms with Gasteiger partial charge >= 0.3 is 24.2 Å². The van der Waals surface area contributed by atoms with Gasteiger partial charge in [0.05, 0.1) is 0 Å². The Morgan fingerprint density at radius 1 is 0.521 bits per heavy atom. The maximum atomic E-state index is 13.0. The predicted octanol–water partition coefficient (Wildman–Crippen LogP) is 6.02. The maximum Gasteiger partial charge on any atom is 0.410 e. The summed E-state index contributed by atoms with van der Waals surface area (Å²) in [7, 11) is 0. The van der Waals surface area contributed by atoms with Crippen LogP contribution in [0.2, 0.25) is 0 Å². The van der Waals surface area contributed by atoms with Crippen molar-refractivity contribution in [2.45, 2.75) is 91.5 Å². The van der Waals surface area contributed by atoms with Crippen molar-refractivity contribution in [1.82, 2.24) is 31.1 Å². The van der Waals surface area contributed by atoms with Gasteiger partial charge in [-0.25, -0.2) is 19.2 Å². The van der Waals surface area contributed by atoms with Gasteiger partial charge in [0.1, 0.15) is 11.2 Å². The summed E-state index contributed by atoms with van der Waals surface area (Å²) in [6.45, 7) is 14.2. The van der Waals surface area contributed by atoms with Crippen LogP contribution in [-0.2, 0) is 22.6 Å². The van der Waals surface area contributed by atoms with Crippen LogP contribution in [-0.4, -0.2) is 84.5 Å². The Labute approximate surface area is 286 Å². The number of unbranched alkanes of at least 4 members (excludes halogenated alkanes) is 1. The molecular formula is C36H56N6O6. The number of benzene rings is 2. The molecule has 0 fully saturated rings. The van der Waals surface area contributed by atoms with Crippen LogP contribution in [0.4, 0.5) is 19.2 Å². The zero-order valence-electron chi connectivity index (χ0n) is 29.6. The summed E-state index contributed by atoms with van der Waals surface area (Å²) in [4.78, 5) is 53.7. The van der Waals surface area contributed by atoms with Crippen LogP contribution in [0.15, 0.2) is 60.7 Å². The van der Waals surface area contributed by atoms with Crippen LogP contribution in [0.1, 0.15) is 78.4 Å². The molecule has 266 valence electrons. The lowest BCUT2D eigenvalue weighted by Gasteiger charge is -2.29. The molecule has 6 amide bonds. The van der Waals surface area contributed by atoms with E-state index in [0.717, 1.165) is 11.1 Å². The van der Waals surface area contributed by atoms with Gasteiger partial charge in [-0.3, -0.25) is 0 Å². The highest BCUT2D eigenvalue weighted by molar-refractivity contribution is 5.74. The summed E-state index contributed by atoms with van der Waals surface area (Å²) >= 11 is 0. The van der Waals surface area contributed by atoms with E-state index in [0.29, 0.717) is 78.0 Å². The number of ether oxygens (including phenoxy) is 2. The van der Waals surface area contributed by atoms with Gasteiger partial charge in [0.15, 0.2) is 0 Å². The molecule has 0 aromatic heterocycles. The normalized spacial score (nSPS) is 11.2. The zero-order chi connectivity index (χ0) is 35.4. The molecule has 4 N–H and O–H groups in total. The highest BCUT2D eigenvalue weighted by Gasteiger charge is 2.24. The number of urea groups is 2. The second kappa shape index (κ2) is 20.7. The third-order valence-electron chi connectivity index (χ3n) is 6.78. The van der Waals surface area contributed by atoms with Crippen LogP contribution in [0.3, 0.4) is 0 Å². The molecule has 0 radical (unpaired) electrons. The molecule has 12 heteroatoms. The van der Waals surface area contributed by atoms with Crippen molar-refractivity contribution in [3.8, 4) is 0 Å². The molecule has 12 nitrogen and oxygen atoms in total. The Bertz CT molecular complexity index is 1150. The largest absolute Gasteiger partial charge is 0.444 e. The van der Waals surface area contributed by atoms with Gasteiger partial charge in [-0.1, -0.05) is 60.7 Å². The molecule has 0 unspecified atom stereocenters. The first-order chi connectivity index (χ1) is 22.7. The fourth-order valence-electron chi connectivity index (χ4n) is 4.47. The van der Waals surface area contributed by atoms with Crippen LogP contribution in [0.25, 0.3) is 0 Å². The van der Waals surface area contributed by atoms with E-state index in [-0.39, 0.29) is 12.1 Å². The number of carbonyl (C=O) groups is 4. The van der Waals surface area contributed by atoms with Crippen molar-refractivity contribution < 1.29 is 28.7 Å². The van der Waals surface area contributed by atoms with E-state index in [9.17, 15) is 19.2 Å². The molecule has 0 spiro atoms. The summed E-state index contributed by atoms with van der Waals surface area (Å²) in [5.74, 6) is 0. The van der Waals surface area contributed by atoms with Gasteiger partial charge in [0, 0.05) is 52.4 Å². The van der Waals surface area contributed by atoms with Crippen molar-refractivity contribution >= 4 is 24.2 Å². The Hall–Kier alpha value is -4.48. The molecule has 0 atom stereocenters. The van der Waals surface area contributed by atoms with E-state index < -0.39 is 23.4 Å². The minimum Gasteiger partial charge on any atom is -0.444 e. The number of carbonyl (C=O) groups excluding carboxylic acids is 4. The van der Waals surface area contributed by atoms with E-state index in [1.807, 2.05) is 102 Å². The first-order valence-electron chi connectivity index (χ1n) is 16.8. The Morgan fingerprint density at radius 3 is 1.19 bits per heavy atom. The highest BCUT2D eigenvalue weighted by Crippen LogP contribution is 2.13. The van der Waals surface area contributed by atoms with Crippen molar-refractivity contribution in [2.24, 2.45) is 0 Å². The van der Waals surface area contributed by atoms with Gasteiger partial charge in [-0.15, -0.1) is 0 Å². The summed E-state index contributed by atoms with van der Waals surface area (Å²) in [5.41, 5.74) is 0.718. The third-order valence-corrected chi connectivity index (χ3v) is 6.78. The Morgan fingerprint density at radius 2 is 0.854 bits per heavy atom. The molecule has 0 bridgehead atoms. The van der Waals surface area contributed by atoms with Crippen molar-refractivity contribution in [1.29, 1.82) is 0 Å². The molecule has 2 aromatic rings. The zero-order valence-corrected chi connectivity index (χ0v) is 29.6. The Kier molecular flexibility index (Phi) is 17.1. The van der Waals surface area contributed by atoms with Gasteiger partial charge in [0.2, 0.25) is 0 Å². The fourth-order valence-corrected chi connectivity index (χ4v) is 4.47. The van der Waals surface area contributed by atoms with Gasteiger partial charge < -0.3 is 40.5 Å². The number of nitrogens with one attached hydrogen (secondary N) is 4. The standard InChI is InChI=1S/C36H56N6O6/c1-35(2,3)47-33(45)41(25-15-21-37-31(43)39-27-29-17-9-7-10-18-29)23-13-14-24-42(34(46)48-36(4,5)6)26-16-22-38-32(44)40-28-30-19-11-8-12-20-30/h7-12,17-20H,13-16,21-28H2,1-6H3,(H2,37,39,43)(H2,38,40,44). The average Bonchev–Trinajstić information content (AvgIpc) is 3.02. The summed E-state index contributed by atoms with van der Waals surface area (Å²) in [6, 6.07) is 18.8. The highest BCUT2D eigenvalue weighted by atomic mass is 16.6. The number of hydrogen-bond donors (Lipinski definition) is 4. The molecule has 0 aliphatic carbocycles. The molecule has 48 heavy (non-hydrogen) atoms. The summed E-state index contributed by atoms with van der Waals surface area (Å²) < 4.78 is 11.3. The van der Waals surface area contributed by atoms with Crippen LogP contribution >= 0.6 is 0 Å². The monoisotopic (exact) mass is 668 g/mol. The predicted molar refractivity (Wildman–Crippen MR) is 187 cm³/mol. The molecule has 2 rings (SSSR count). The number of nitrogens with zero attached hydrogens (tertiary/aromatic N) is 2. The van der Waals surface area contributed by atoms with Crippen LogP contribution < -0.4 is 21.3 Å². The lowest BCUT2D eigenvalue weighted by Crippen LogP contribution is -2.41. The van der Waals surface area contributed by atoms with Gasteiger partial charge in [-0.05, 0) is 78.4 Å². The Balaban J connectivity index is 1.81. The minimum absolute atomic E-state index is 0.270. The lowest BCUT2D eigenvalue weighted by molar-refractivity contribution is 0.0208. The molecule has 0 aliphatic heterocycles. The molecular weight excluding hydrogens is 612 g/mol. The number of hydrogen-bond acceptors (Lipinski definition) is 6.